The molecule has 0 aliphatic carbocycles. The predicted octanol–water partition coefficient (Wildman–Crippen LogP) is 1.47. The molecule has 0 saturated heterocycles. The summed E-state index contributed by atoms with van der Waals surface area (Å²) in [5.74, 6) is 0. The predicted molar refractivity (Wildman–Crippen MR) is 7.16 cm³/mol. The van der Waals surface area contributed by atoms with Crippen molar-refractivity contribution in [2.75, 3.05) is 0 Å². The fraction of sp³-hybridized carbons (Fsp3) is 1.00. The molecule has 6 heavy (non-hydrogen) atoms. The zero-order valence-corrected chi connectivity index (χ0v) is 3.57. The second kappa shape index (κ2) is 2.42. The minimum atomic E-state index is -5.50. The van der Waals surface area contributed by atoms with Gasteiger partial charge >= 0.3 is 6.43 Å². The zero-order valence-electron chi connectivity index (χ0n) is 2.39. The molecule has 0 rings (SSSR count). The van der Waals surface area contributed by atoms with Gasteiger partial charge in [-0.25, -0.2) is 0 Å². The Morgan fingerprint density at radius 1 is 0.833 bits per heavy atom. The average Bonchev–Trinajstić information content (AvgIpc) is 0.722. The Morgan fingerprint density at radius 2 is 0.833 bits per heavy atom. The summed E-state index contributed by atoms with van der Waals surface area (Å²) in [6.45, 7) is 0. The Hall–Kier alpha value is 0.239. The van der Waals surface area contributed by atoms with Crippen LogP contribution in [0.2, 0.25) is 0 Å². The van der Waals surface area contributed by atoms with Gasteiger partial charge in [0.05, 0.1) is 0 Å². The summed E-state index contributed by atoms with van der Waals surface area (Å²) in [6, 6.07) is 0. The van der Waals surface area contributed by atoms with E-state index < -0.39 is 6.43 Å². The van der Waals surface area contributed by atoms with Gasteiger partial charge in [0.25, 0.3) is 0 Å². The summed E-state index contributed by atoms with van der Waals surface area (Å²) in [5, 5.41) is 0. The van der Waals surface area contributed by atoms with E-state index in [1.54, 1.807) is 0 Å². The van der Waals surface area contributed by atoms with E-state index in [1.807, 2.05) is 0 Å². The topological polar surface area (TPSA) is 0 Å². The van der Waals surface area contributed by atoms with E-state index in [4.69, 9.17) is 0 Å². The SMILES string of the molecule is FC(F)(F)F.[Mn]. The number of hydrogen-bond acceptors (Lipinski definition) is 0. The summed E-state index contributed by atoms with van der Waals surface area (Å²) >= 11 is 0. The van der Waals surface area contributed by atoms with Crippen molar-refractivity contribution in [2.24, 2.45) is 0 Å². The smallest absolute Gasteiger partial charge is 0.140 e. The van der Waals surface area contributed by atoms with Crippen molar-refractivity contribution < 1.29 is 34.6 Å². The van der Waals surface area contributed by atoms with Crippen molar-refractivity contribution in [3.63, 3.8) is 0 Å². The monoisotopic (exact) mass is 143 g/mol. The summed E-state index contributed by atoms with van der Waals surface area (Å²) < 4.78 is 38.8. The van der Waals surface area contributed by atoms with Crippen LogP contribution in [0.4, 0.5) is 17.6 Å². The number of alkyl halides is 4. The Morgan fingerprint density at radius 3 is 0.833 bits per heavy atom. The van der Waals surface area contributed by atoms with Gasteiger partial charge in [-0.05, 0) is 0 Å². The first-order valence-corrected chi connectivity index (χ1v) is 0.756. The number of hydrogen-bond donors (Lipinski definition) is 0. The molecule has 0 unspecified atom stereocenters. The van der Waals surface area contributed by atoms with Gasteiger partial charge in [-0.3, -0.25) is 0 Å². The molecule has 0 aliphatic heterocycles. The van der Waals surface area contributed by atoms with Crippen LogP contribution in [0.25, 0.3) is 0 Å². The summed E-state index contributed by atoms with van der Waals surface area (Å²) in [6.07, 6.45) is -5.50. The van der Waals surface area contributed by atoms with Gasteiger partial charge in [0.2, 0.25) is 0 Å². The van der Waals surface area contributed by atoms with Crippen LogP contribution in [-0.2, 0) is 17.1 Å². The molecule has 0 N–H and O–H groups in total. The molecular formula is CF4Mn. The maximum Gasteiger partial charge on any atom is 0.559 e. The average molecular weight is 143 g/mol. The molecule has 1 radical (unpaired) electrons. The van der Waals surface area contributed by atoms with Gasteiger partial charge in [-0.15, -0.1) is 17.6 Å². The van der Waals surface area contributed by atoms with E-state index in [1.165, 1.54) is 0 Å². The maximum atomic E-state index is 9.69. The van der Waals surface area contributed by atoms with Crippen molar-refractivity contribution >= 4 is 0 Å². The van der Waals surface area contributed by atoms with Crippen LogP contribution >= 0.6 is 0 Å². The molecule has 0 bridgehead atoms. The molecule has 0 atom stereocenters. The van der Waals surface area contributed by atoms with E-state index in [-0.39, 0.29) is 17.1 Å². The van der Waals surface area contributed by atoms with Crippen LogP contribution < -0.4 is 0 Å². The molecule has 0 saturated carbocycles. The molecule has 39 valence electrons. The molecule has 5 heteroatoms. The zero-order chi connectivity index (χ0) is 4.50. The molecule has 0 spiro atoms. The van der Waals surface area contributed by atoms with Crippen LogP contribution in [0.3, 0.4) is 0 Å². The second-order valence-electron chi connectivity index (χ2n) is 0.429. The molecule has 0 aromatic carbocycles. The first-order valence-electron chi connectivity index (χ1n) is 0.756. The normalized spacial score (nSPS) is 10.0. The van der Waals surface area contributed by atoms with E-state index in [0.717, 1.165) is 0 Å². The first-order chi connectivity index (χ1) is 2.00. The molecule has 0 amide bonds. The molecule has 0 aromatic rings. The molecule has 0 nitrogen and oxygen atoms in total. The van der Waals surface area contributed by atoms with Crippen molar-refractivity contribution in [3.8, 4) is 0 Å². The molecule has 0 aromatic heterocycles. The second-order valence-corrected chi connectivity index (χ2v) is 0.429. The minimum absolute atomic E-state index is 0. The largest absolute Gasteiger partial charge is 0.559 e. The van der Waals surface area contributed by atoms with Gasteiger partial charge < -0.3 is 0 Å². The van der Waals surface area contributed by atoms with Crippen LogP contribution in [0.5, 0.6) is 0 Å². The summed E-state index contributed by atoms with van der Waals surface area (Å²) in [4.78, 5) is 0. The molecular weight excluding hydrogens is 143 g/mol. The van der Waals surface area contributed by atoms with Crippen LogP contribution in [0.15, 0.2) is 0 Å². The molecule has 0 aliphatic rings. The van der Waals surface area contributed by atoms with Gasteiger partial charge in [0, 0.05) is 17.1 Å². The third-order valence-corrected chi connectivity index (χ3v) is 0. The van der Waals surface area contributed by atoms with Crippen LogP contribution in [-0.4, -0.2) is 6.43 Å². The fourth-order valence-electron chi connectivity index (χ4n) is 0. The van der Waals surface area contributed by atoms with Crippen LogP contribution in [0, 0.1) is 0 Å². The number of rotatable bonds is 0. The first kappa shape index (κ1) is 9.53. The maximum absolute atomic E-state index is 9.69. The third kappa shape index (κ3) is 776. The van der Waals surface area contributed by atoms with Gasteiger partial charge in [-0.2, -0.15) is 0 Å². The van der Waals surface area contributed by atoms with Gasteiger partial charge in [0.1, 0.15) is 0 Å². The van der Waals surface area contributed by atoms with Gasteiger partial charge in [0.15, 0.2) is 0 Å². The number of halogens is 4. The standard InChI is InChI=1S/CF4.Mn/c2-1(3,4)5;. The van der Waals surface area contributed by atoms with E-state index in [9.17, 15) is 17.6 Å². The van der Waals surface area contributed by atoms with Crippen molar-refractivity contribution in [3.05, 3.63) is 0 Å². The van der Waals surface area contributed by atoms with Crippen LogP contribution in [0.1, 0.15) is 0 Å². The van der Waals surface area contributed by atoms with E-state index in [0.29, 0.717) is 0 Å². The Labute approximate surface area is 42.0 Å². The summed E-state index contributed by atoms with van der Waals surface area (Å²) in [5.41, 5.74) is 0. The molecule has 0 fully saturated rings. The fourth-order valence-corrected chi connectivity index (χ4v) is 0. The quantitative estimate of drug-likeness (QED) is 0.355. The van der Waals surface area contributed by atoms with Crippen molar-refractivity contribution in [2.45, 2.75) is 6.43 Å². The van der Waals surface area contributed by atoms with Gasteiger partial charge in [-0.1, -0.05) is 0 Å². The Balaban J connectivity index is 0. The summed E-state index contributed by atoms with van der Waals surface area (Å²) in [7, 11) is 0. The minimum Gasteiger partial charge on any atom is -0.140 e. The van der Waals surface area contributed by atoms with Crippen molar-refractivity contribution in [1.82, 2.24) is 0 Å². The van der Waals surface area contributed by atoms with E-state index in [2.05, 4.69) is 0 Å². The van der Waals surface area contributed by atoms with E-state index >= 15 is 0 Å². The molecule has 0 heterocycles. The Bertz CT molecular complexity index is 23.0. The third-order valence-electron chi connectivity index (χ3n) is 0. The Kier molecular flexibility index (Phi) is 3.84. The van der Waals surface area contributed by atoms with Crippen molar-refractivity contribution in [1.29, 1.82) is 0 Å².